The van der Waals surface area contributed by atoms with Gasteiger partial charge < -0.3 is 4.74 Å². The van der Waals surface area contributed by atoms with E-state index in [9.17, 15) is 4.79 Å². The highest BCUT2D eigenvalue weighted by atomic mass is 16.5. The van der Waals surface area contributed by atoms with Crippen LogP contribution in [0.5, 0.6) is 0 Å². The van der Waals surface area contributed by atoms with Crippen molar-refractivity contribution in [3.8, 4) is 0 Å². The fourth-order valence-electron chi connectivity index (χ4n) is 1.59. The molecule has 0 fully saturated rings. The van der Waals surface area contributed by atoms with E-state index in [1.54, 1.807) is 0 Å². The van der Waals surface area contributed by atoms with Crippen LogP contribution < -0.4 is 0 Å². The van der Waals surface area contributed by atoms with Gasteiger partial charge in [-0.2, -0.15) is 0 Å². The molecule has 0 aliphatic rings. The zero-order chi connectivity index (χ0) is 9.40. The van der Waals surface area contributed by atoms with E-state index in [4.69, 9.17) is 4.74 Å². The molecule has 0 saturated carbocycles. The average Bonchev–Trinajstić information content (AvgIpc) is 2.10. The zero-order valence-electron chi connectivity index (χ0n) is 8.38. The van der Waals surface area contributed by atoms with Crippen LogP contribution in [-0.2, 0) is 9.53 Å². The molecule has 2 atom stereocenters. The van der Waals surface area contributed by atoms with Crippen LogP contribution in [0, 0.1) is 11.8 Å². The number of ether oxygens (including phenoxy) is 1. The summed E-state index contributed by atoms with van der Waals surface area (Å²) < 4.78 is 4.74. The largest absolute Gasteiger partial charge is 0.468 e. The van der Waals surface area contributed by atoms with Crippen molar-refractivity contribution >= 4 is 6.47 Å². The predicted molar refractivity (Wildman–Crippen MR) is 49.9 cm³/mol. The smallest absolute Gasteiger partial charge is 0.293 e. The molecule has 12 heavy (non-hydrogen) atoms. The van der Waals surface area contributed by atoms with Crippen molar-refractivity contribution in [1.82, 2.24) is 0 Å². The second kappa shape index (κ2) is 7.14. The third-order valence-electron chi connectivity index (χ3n) is 2.42. The molecule has 72 valence electrons. The summed E-state index contributed by atoms with van der Waals surface area (Å²) in [6.45, 7) is 7.64. The molecule has 2 nitrogen and oxygen atoms in total. The Morgan fingerprint density at radius 1 is 1.42 bits per heavy atom. The molecule has 0 aliphatic heterocycles. The minimum atomic E-state index is 0.500. The molecule has 0 aromatic rings. The Kier molecular flexibility index (Phi) is 6.82. The van der Waals surface area contributed by atoms with Gasteiger partial charge in [-0.25, -0.2) is 0 Å². The minimum Gasteiger partial charge on any atom is -0.468 e. The van der Waals surface area contributed by atoms with Crippen LogP contribution in [0.3, 0.4) is 0 Å². The summed E-state index contributed by atoms with van der Waals surface area (Å²) in [5.41, 5.74) is 0. The van der Waals surface area contributed by atoms with Crippen molar-refractivity contribution in [2.75, 3.05) is 6.61 Å². The van der Waals surface area contributed by atoms with Crippen LogP contribution in [0.1, 0.15) is 40.0 Å². The van der Waals surface area contributed by atoms with Crippen LogP contribution >= 0.6 is 0 Å². The van der Waals surface area contributed by atoms with Gasteiger partial charge in [-0.3, -0.25) is 4.79 Å². The highest BCUT2D eigenvalue weighted by Crippen LogP contribution is 2.20. The van der Waals surface area contributed by atoms with Gasteiger partial charge >= 0.3 is 0 Å². The van der Waals surface area contributed by atoms with Crippen molar-refractivity contribution in [1.29, 1.82) is 0 Å². The summed E-state index contributed by atoms with van der Waals surface area (Å²) in [5.74, 6) is 1.20. The quantitative estimate of drug-likeness (QED) is 0.552. The standard InChI is InChI=1S/C10H20O2/c1-4-6-10(5-2)9(3)7-12-8-11/h8-10H,4-7H2,1-3H3. The number of carbonyl (C=O) groups excluding carboxylic acids is 1. The summed E-state index contributed by atoms with van der Waals surface area (Å²) in [7, 11) is 0. The van der Waals surface area contributed by atoms with E-state index in [0.717, 1.165) is 0 Å². The Morgan fingerprint density at radius 2 is 2.08 bits per heavy atom. The Balaban J connectivity index is 3.67. The molecule has 0 heterocycles. The molecular formula is C10H20O2. The first-order valence-corrected chi connectivity index (χ1v) is 4.81. The summed E-state index contributed by atoms with van der Waals surface area (Å²) in [5, 5.41) is 0. The second-order valence-corrected chi connectivity index (χ2v) is 3.36. The molecular weight excluding hydrogens is 152 g/mol. The summed E-state index contributed by atoms with van der Waals surface area (Å²) in [4.78, 5) is 9.96. The number of hydrogen-bond acceptors (Lipinski definition) is 2. The molecule has 0 N–H and O–H groups in total. The number of carbonyl (C=O) groups is 1. The first-order valence-electron chi connectivity index (χ1n) is 4.81. The Hall–Kier alpha value is -0.530. The van der Waals surface area contributed by atoms with Gasteiger partial charge in [0.1, 0.15) is 0 Å². The van der Waals surface area contributed by atoms with Crippen molar-refractivity contribution in [2.45, 2.75) is 40.0 Å². The van der Waals surface area contributed by atoms with E-state index in [2.05, 4.69) is 20.8 Å². The summed E-state index contributed by atoms with van der Waals surface area (Å²) >= 11 is 0. The molecule has 0 saturated heterocycles. The van der Waals surface area contributed by atoms with Gasteiger partial charge in [0.05, 0.1) is 6.61 Å². The van der Waals surface area contributed by atoms with Gasteiger partial charge in [0.25, 0.3) is 6.47 Å². The van der Waals surface area contributed by atoms with Crippen LogP contribution in [0.2, 0.25) is 0 Å². The first kappa shape index (κ1) is 11.5. The van der Waals surface area contributed by atoms with Gasteiger partial charge in [-0.15, -0.1) is 0 Å². The van der Waals surface area contributed by atoms with Crippen molar-refractivity contribution in [3.05, 3.63) is 0 Å². The van der Waals surface area contributed by atoms with Gasteiger partial charge in [0, 0.05) is 0 Å². The van der Waals surface area contributed by atoms with Crippen molar-refractivity contribution < 1.29 is 9.53 Å². The normalized spacial score (nSPS) is 15.2. The second-order valence-electron chi connectivity index (χ2n) is 3.36. The van der Waals surface area contributed by atoms with Crippen LogP contribution in [0.15, 0.2) is 0 Å². The van der Waals surface area contributed by atoms with E-state index in [1.165, 1.54) is 19.3 Å². The lowest BCUT2D eigenvalue weighted by molar-refractivity contribution is -0.130. The maximum Gasteiger partial charge on any atom is 0.293 e. The van der Waals surface area contributed by atoms with E-state index < -0.39 is 0 Å². The molecule has 0 spiro atoms. The van der Waals surface area contributed by atoms with Crippen LogP contribution in [-0.4, -0.2) is 13.1 Å². The third-order valence-corrected chi connectivity index (χ3v) is 2.42. The Labute approximate surface area is 75.3 Å². The fourth-order valence-corrected chi connectivity index (χ4v) is 1.59. The lowest BCUT2D eigenvalue weighted by Crippen LogP contribution is -2.16. The molecule has 0 radical (unpaired) electrons. The Morgan fingerprint density at radius 3 is 2.50 bits per heavy atom. The lowest BCUT2D eigenvalue weighted by Gasteiger charge is -2.20. The monoisotopic (exact) mass is 172 g/mol. The maximum atomic E-state index is 9.96. The maximum absolute atomic E-state index is 9.96. The van der Waals surface area contributed by atoms with Gasteiger partial charge in [0.15, 0.2) is 0 Å². The number of hydrogen-bond donors (Lipinski definition) is 0. The van der Waals surface area contributed by atoms with Crippen molar-refractivity contribution in [2.24, 2.45) is 11.8 Å². The molecule has 0 aromatic carbocycles. The topological polar surface area (TPSA) is 26.3 Å². The molecule has 2 heteroatoms. The SMILES string of the molecule is CCCC(CC)C(C)COC=O. The lowest BCUT2D eigenvalue weighted by atomic mass is 9.88. The molecule has 0 bridgehead atoms. The molecule has 2 unspecified atom stereocenters. The van der Waals surface area contributed by atoms with E-state index in [1.807, 2.05) is 0 Å². The highest BCUT2D eigenvalue weighted by molar-refractivity contribution is 5.36. The van der Waals surface area contributed by atoms with E-state index in [-0.39, 0.29) is 0 Å². The van der Waals surface area contributed by atoms with Crippen molar-refractivity contribution in [3.63, 3.8) is 0 Å². The van der Waals surface area contributed by atoms with E-state index >= 15 is 0 Å². The van der Waals surface area contributed by atoms with E-state index in [0.29, 0.717) is 24.9 Å². The zero-order valence-corrected chi connectivity index (χ0v) is 8.38. The van der Waals surface area contributed by atoms with Gasteiger partial charge in [-0.1, -0.05) is 40.0 Å². The van der Waals surface area contributed by atoms with Crippen LogP contribution in [0.25, 0.3) is 0 Å². The minimum absolute atomic E-state index is 0.500. The highest BCUT2D eigenvalue weighted by Gasteiger charge is 2.14. The predicted octanol–water partition coefficient (Wildman–Crippen LogP) is 2.62. The first-order chi connectivity index (χ1) is 5.76. The Bertz CT molecular complexity index is 112. The molecule has 0 rings (SSSR count). The third kappa shape index (κ3) is 4.37. The summed E-state index contributed by atoms with van der Waals surface area (Å²) in [6.07, 6.45) is 3.63. The fraction of sp³-hybridized carbons (Fsp3) is 0.900. The van der Waals surface area contributed by atoms with Gasteiger partial charge in [0.2, 0.25) is 0 Å². The van der Waals surface area contributed by atoms with Gasteiger partial charge in [-0.05, 0) is 11.8 Å². The number of rotatable bonds is 7. The molecule has 0 aliphatic carbocycles. The summed E-state index contributed by atoms with van der Waals surface area (Å²) in [6, 6.07) is 0. The molecule has 0 amide bonds. The molecule has 0 aromatic heterocycles. The van der Waals surface area contributed by atoms with Crippen LogP contribution in [0.4, 0.5) is 0 Å². The average molecular weight is 172 g/mol.